The van der Waals surface area contributed by atoms with E-state index in [-0.39, 0.29) is 12.4 Å². The highest BCUT2D eigenvalue weighted by Gasteiger charge is 2.13. The predicted octanol–water partition coefficient (Wildman–Crippen LogP) is 4.70. The van der Waals surface area contributed by atoms with Gasteiger partial charge in [-0.05, 0) is 66.2 Å². The number of esters is 1. The molecule has 1 heterocycles. The molecule has 2 aromatic carbocycles. The van der Waals surface area contributed by atoms with Crippen LogP contribution in [-0.4, -0.2) is 35.2 Å². The van der Waals surface area contributed by atoms with Gasteiger partial charge in [0.05, 0.1) is 23.0 Å². The van der Waals surface area contributed by atoms with Gasteiger partial charge in [-0.15, -0.1) is 0 Å². The van der Waals surface area contributed by atoms with Crippen LogP contribution in [-0.2, 0) is 9.53 Å². The Labute approximate surface area is 183 Å². The minimum Gasteiger partial charge on any atom is -0.496 e. The lowest BCUT2D eigenvalue weighted by molar-refractivity contribution is -0.136. The van der Waals surface area contributed by atoms with Crippen molar-refractivity contribution in [2.24, 2.45) is 0 Å². The molecule has 0 N–H and O–H groups in total. The molecule has 0 saturated heterocycles. The van der Waals surface area contributed by atoms with Gasteiger partial charge in [-0.1, -0.05) is 18.2 Å². The van der Waals surface area contributed by atoms with E-state index < -0.39 is 5.97 Å². The van der Waals surface area contributed by atoms with Crippen LogP contribution < -0.4 is 4.74 Å². The predicted molar refractivity (Wildman–Crippen MR) is 118 cm³/mol. The molecular formula is C23H21BrN2O4. The monoisotopic (exact) mass is 468 g/mol. The standard InChI is InChI=1S/C23H21BrN2O4/c1-15-19(16(2)26(25-15)18-7-5-4-6-8-18)10-12-23(28)30-14-21(27)17-9-11-22(29-3)20(24)13-17/h4-13H,14H2,1-3H3/b12-10+. The second-order valence-electron chi connectivity index (χ2n) is 6.55. The van der Waals surface area contributed by atoms with Gasteiger partial charge in [0.15, 0.2) is 12.4 Å². The minimum atomic E-state index is -0.595. The maximum Gasteiger partial charge on any atom is 0.331 e. The first kappa shape index (κ1) is 21.5. The fourth-order valence-corrected chi connectivity index (χ4v) is 3.52. The number of methoxy groups -OCH3 is 1. The number of aromatic nitrogens is 2. The molecule has 0 spiro atoms. The molecule has 0 unspecified atom stereocenters. The van der Waals surface area contributed by atoms with Gasteiger partial charge in [-0.3, -0.25) is 4.79 Å². The van der Waals surface area contributed by atoms with Crippen molar-refractivity contribution in [2.45, 2.75) is 13.8 Å². The van der Waals surface area contributed by atoms with E-state index in [2.05, 4.69) is 21.0 Å². The quantitative estimate of drug-likeness (QED) is 0.285. The summed E-state index contributed by atoms with van der Waals surface area (Å²) < 4.78 is 12.7. The molecule has 0 radical (unpaired) electrons. The Bertz CT molecular complexity index is 1100. The van der Waals surface area contributed by atoms with Crippen molar-refractivity contribution in [3.63, 3.8) is 0 Å². The van der Waals surface area contributed by atoms with Crippen LogP contribution in [0.5, 0.6) is 5.75 Å². The molecule has 3 aromatic rings. The Morgan fingerprint density at radius 2 is 1.87 bits per heavy atom. The molecule has 0 aliphatic rings. The topological polar surface area (TPSA) is 70.4 Å². The van der Waals surface area contributed by atoms with Gasteiger partial charge in [0.1, 0.15) is 5.75 Å². The Kier molecular flexibility index (Phi) is 6.84. The Morgan fingerprint density at radius 1 is 1.13 bits per heavy atom. The summed E-state index contributed by atoms with van der Waals surface area (Å²) >= 11 is 3.33. The Morgan fingerprint density at radius 3 is 2.53 bits per heavy atom. The first-order valence-corrected chi connectivity index (χ1v) is 10.0. The fraction of sp³-hybridized carbons (Fsp3) is 0.174. The summed E-state index contributed by atoms with van der Waals surface area (Å²) in [6.45, 7) is 3.47. The van der Waals surface area contributed by atoms with Crippen molar-refractivity contribution in [3.05, 3.63) is 81.6 Å². The molecule has 3 rings (SSSR count). The molecule has 0 amide bonds. The van der Waals surface area contributed by atoms with Gasteiger partial charge >= 0.3 is 5.97 Å². The van der Waals surface area contributed by atoms with Crippen LogP contribution in [0.15, 0.2) is 59.1 Å². The van der Waals surface area contributed by atoms with Crippen LogP contribution in [0.1, 0.15) is 27.3 Å². The fourth-order valence-electron chi connectivity index (χ4n) is 2.98. The first-order valence-electron chi connectivity index (χ1n) is 9.24. The summed E-state index contributed by atoms with van der Waals surface area (Å²) in [6, 6.07) is 14.7. The smallest absolute Gasteiger partial charge is 0.331 e. The van der Waals surface area contributed by atoms with Crippen molar-refractivity contribution in [2.75, 3.05) is 13.7 Å². The molecule has 0 aliphatic heterocycles. The summed E-state index contributed by atoms with van der Waals surface area (Å²) in [5.41, 5.74) is 3.90. The summed E-state index contributed by atoms with van der Waals surface area (Å²) in [4.78, 5) is 24.4. The van der Waals surface area contributed by atoms with Gasteiger partial charge in [-0.2, -0.15) is 5.10 Å². The highest BCUT2D eigenvalue weighted by Crippen LogP contribution is 2.25. The number of ketones is 1. The number of halogens is 1. The number of benzene rings is 2. The Balaban J connectivity index is 1.65. The van der Waals surface area contributed by atoms with Crippen LogP contribution >= 0.6 is 15.9 Å². The number of nitrogens with zero attached hydrogens (tertiary/aromatic N) is 2. The lowest BCUT2D eigenvalue weighted by Crippen LogP contribution is -2.12. The average Bonchev–Trinajstić information content (AvgIpc) is 3.04. The van der Waals surface area contributed by atoms with Crippen molar-refractivity contribution < 1.29 is 19.1 Å². The zero-order chi connectivity index (χ0) is 21.7. The SMILES string of the molecule is COc1ccc(C(=O)COC(=O)/C=C/c2c(C)nn(-c3ccccc3)c2C)cc1Br. The second kappa shape index (κ2) is 9.54. The van der Waals surface area contributed by atoms with E-state index >= 15 is 0 Å². The highest BCUT2D eigenvalue weighted by molar-refractivity contribution is 9.10. The number of hydrogen-bond acceptors (Lipinski definition) is 5. The number of carbonyl (C=O) groups excluding carboxylic acids is 2. The van der Waals surface area contributed by atoms with Crippen molar-refractivity contribution >= 4 is 33.8 Å². The number of para-hydroxylation sites is 1. The number of ether oxygens (including phenoxy) is 2. The number of carbonyl (C=O) groups is 2. The summed E-state index contributed by atoms with van der Waals surface area (Å²) in [7, 11) is 1.54. The molecule has 154 valence electrons. The van der Waals surface area contributed by atoms with Gasteiger partial charge in [0.2, 0.25) is 0 Å². The van der Waals surface area contributed by atoms with Crippen LogP contribution in [0.2, 0.25) is 0 Å². The van der Waals surface area contributed by atoms with E-state index in [4.69, 9.17) is 9.47 Å². The second-order valence-corrected chi connectivity index (χ2v) is 7.40. The van der Waals surface area contributed by atoms with E-state index in [0.29, 0.717) is 15.8 Å². The minimum absolute atomic E-state index is 0.302. The molecule has 0 atom stereocenters. The molecule has 30 heavy (non-hydrogen) atoms. The van der Waals surface area contributed by atoms with E-state index in [1.54, 1.807) is 31.4 Å². The summed E-state index contributed by atoms with van der Waals surface area (Å²) in [6.07, 6.45) is 2.97. The zero-order valence-electron chi connectivity index (χ0n) is 16.9. The molecular weight excluding hydrogens is 448 g/mol. The summed E-state index contributed by atoms with van der Waals surface area (Å²) in [5.74, 6) is -0.278. The van der Waals surface area contributed by atoms with E-state index in [9.17, 15) is 9.59 Å². The number of hydrogen-bond donors (Lipinski definition) is 0. The summed E-state index contributed by atoms with van der Waals surface area (Å²) in [5, 5.41) is 4.54. The molecule has 1 aromatic heterocycles. The van der Waals surface area contributed by atoms with Crippen LogP contribution in [0, 0.1) is 13.8 Å². The van der Waals surface area contributed by atoms with Gasteiger partial charge in [0, 0.05) is 22.9 Å². The largest absolute Gasteiger partial charge is 0.496 e. The molecule has 0 aliphatic carbocycles. The van der Waals surface area contributed by atoms with E-state index in [1.165, 1.54) is 6.08 Å². The first-order chi connectivity index (χ1) is 14.4. The van der Waals surface area contributed by atoms with E-state index in [1.807, 2.05) is 48.9 Å². The lowest BCUT2D eigenvalue weighted by Gasteiger charge is -2.06. The normalized spacial score (nSPS) is 10.9. The molecule has 7 heteroatoms. The van der Waals surface area contributed by atoms with Gasteiger partial charge < -0.3 is 9.47 Å². The Hall–Kier alpha value is -3.19. The maximum atomic E-state index is 12.3. The van der Waals surface area contributed by atoms with Crippen LogP contribution in [0.3, 0.4) is 0 Å². The van der Waals surface area contributed by atoms with Gasteiger partial charge in [0.25, 0.3) is 0 Å². The zero-order valence-corrected chi connectivity index (χ0v) is 18.5. The van der Waals surface area contributed by atoms with Crippen molar-refractivity contribution in [1.82, 2.24) is 9.78 Å². The number of Topliss-reactive ketones (excluding diaryl/α,β-unsaturated/α-hetero) is 1. The molecule has 0 saturated carbocycles. The third kappa shape index (κ3) is 4.86. The van der Waals surface area contributed by atoms with Crippen molar-refractivity contribution in [1.29, 1.82) is 0 Å². The molecule has 0 fully saturated rings. The molecule has 0 bridgehead atoms. The number of rotatable bonds is 7. The third-order valence-electron chi connectivity index (χ3n) is 4.55. The highest BCUT2D eigenvalue weighted by atomic mass is 79.9. The number of aryl methyl sites for hydroxylation is 1. The molecule has 6 nitrogen and oxygen atoms in total. The van der Waals surface area contributed by atoms with Crippen molar-refractivity contribution in [3.8, 4) is 11.4 Å². The van der Waals surface area contributed by atoms with Crippen LogP contribution in [0.25, 0.3) is 11.8 Å². The average molecular weight is 469 g/mol. The van der Waals surface area contributed by atoms with Crippen LogP contribution in [0.4, 0.5) is 0 Å². The third-order valence-corrected chi connectivity index (χ3v) is 5.17. The maximum absolute atomic E-state index is 12.3. The van der Waals surface area contributed by atoms with E-state index in [0.717, 1.165) is 22.6 Å². The lowest BCUT2D eigenvalue weighted by atomic mass is 10.1. The van der Waals surface area contributed by atoms with Gasteiger partial charge in [-0.25, -0.2) is 9.48 Å².